The van der Waals surface area contributed by atoms with Gasteiger partial charge >= 0.3 is 6.03 Å². The Bertz CT molecular complexity index is 881. The summed E-state index contributed by atoms with van der Waals surface area (Å²) in [5.41, 5.74) is 1.43. The van der Waals surface area contributed by atoms with E-state index in [9.17, 15) is 9.59 Å². The van der Waals surface area contributed by atoms with Crippen LogP contribution in [0.2, 0.25) is 0 Å². The van der Waals surface area contributed by atoms with Gasteiger partial charge in [-0.2, -0.15) is 0 Å². The van der Waals surface area contributed by atoms with Gasteiger partial charge in [-0.25, -0.2) is 4.79 Å². The number of carbonyl (C=O) groups excluding carboxylic acids is 2. The second kappa shape index (κ2) is 9.18. The zero-order chi connectivity index (χ0) is 23.9. The Morgan fingerprint density at radius 1 is 0.941 bits per heavy atom. The Hall–Kier alpha value is -2.08. The van der Waals surface area contributed by atoms with Crippen LogP contribution in [-0.4, -0.2) is 83.9 Å². The van der Waals surface area contributed by atoms with Crippen molar-refractivity contribution in [3.8, 4) is 0 Å². The first-order valence-electron chi connectivity index (χ1n) is 13.4. The largest absolute Gasteiger partial charge is 0.343 e. The number of rotatable bonds is 6. The molecule has 5 rings (SSSR count). The molecule has 1 aromatic carbocycles. The van der Waals surface area contributed by atoms with Crippen molar-refractivity contribution in [1.82, 2.24) is 19.6 Å². The van der Waals surface area contributed by atoms with Gasteiger partial charge in [0.05, 0.1) is 5.54 Å². The van der Waals surface area contributed by atoms with E-state index in [0.717, 1.165) is 71.2 Å². The molecular formula is C28H42N4O2. The smallest absolute Gasteiger partial charge is 0.320 e. The van der Waals surface area contributed by atoms with E-state index in [-0.39, 0.29) is 23.0 Å². The highest BCUT2D eigenvalue weighted by molar-refractivity contribution is 5.78. The maximum atomic E-state index is 13.7. The summed E-state index contributed by atoms with van der Waals surface area (Å²) in [7, 11) is 4.43. The highest BCUT2D eigenvalue weighted by Crippen LogP contribution is 2.50. The summed E-state index contributed by atoms with van der Waals surface area (Å²) in [6.07, 6.45) is 8.87. The quantitative estimate of drug-likeness (QED) is 0.632. The summed E-state index contributed by atoms with van der Waals surface area (Å²) in [5.74, 6) is 1.38. The molecule has 4 aliphatic rings. The average Bonchev–Trinajstić information content (AvgIpc) is 3.63. The molecular weight excluding hydrogens is 424 g/mol. The lowest BCUT2D eigenvalue weighted by atomic mass is 9.68. The molecule has 1 spiro atoms. The summed E-state index contributed by atoms with van der Waals surface area (Å²) >= 11 is 0. The highest BCUT2D eigenvalue weighted by atomic mass is 16.2. The Morgan fingerprint density at radius 3 is 2.12 bits per heavy atom. The van der Waals surface area contributed by atoms with Crippen LogP contribution in [0.25, 0.3) is 0 Å². The molecule has 2 saturated carbocycles. The van der Waals surface area contributed by atoms with Gasteiger partial charge in [0, 0.05) is 45.2 Å². The van der Waals surface area contributed by atoms with E-state index >= 15 is 0 Å². The summed E-state index contributed by atoms with van der Waals surface area (Å²) in [6, 6.07) is 11.2. The van der Waals surface area contributed by atoms with Crippen molar-refractivity contribution in [2.24, 2.45) is 11.8 Å². The van der Waals surface area contributed by atoms with Gasteiger partial charge in [0.15, 0.2) is 0 Å². The average molecular weight is 467 g/mol. The van der Waals surface area contributed by atoms with Gasteiger partial charge in [0.1, 0.15) is 0 Å². The topological polar surface area (TPSA) is 47.1 Å². The van der Waals surface area contributed by atoms with Crippen molar-refractivity contribution in [2.75, 3.05) is 46.8 Å². The molecule has 0 atom stereocenters. The van der Waals surface area contributed by atoms with E-state index in [1.54, 1.807) is 6.92 Å². The molecule has 2 aliphatic heterocycles. The van der Waals surface area contributed by atoms with Crippen LogP contribution in [0.3, 0.4) is 0 Å². The maximum absolute atomic E-state index is 13.7. The highest BCUT2D eigenvalue weighted by Gasteiger charge is 2.55. The second-order valence-corrected chi connectivity index (χ2v) is 11.7. The number of likely N-dealkylation sites (tertiary alicyclic amines) is 1. The number of hydrogen-bond acceptors (Lipinski definition) is 3. The fourth-order valence-corrected chi connectivity index (χ4v) is 6.90. The summed E-state index contributed by atoms with van der Waals surface area (Å²) < 4.78 is 0. The van der Waals surface area contributed by atoms with Gasteiger partial charge in [-0.1, -0.05) is 30.3 Å². The van der Waals surface area contributed by atoms with Gasteiger partial charge in [-0.3, -0.25) is 9.69 Å². The molecule has 2 aliphatic carbocycles. The van der Waals surface area contributed by atoms with Crippen LogP contribution in [0.4, 0.5) is 4.79 Å². The van der Waals surface area contributed by atoms with Crippen molar-refractivity contribution in [1.29, 1.82) is 0 Å². The van der Waals surface area contributed by atoms with Gasteiger partial charge < -0.3 is 14.7 Å². The number of urea groups is 1. The molecule has 6 heteroatoms. The number of benzene rings is 1. The van der Waals surface area contributed by atoms with E-state index in [1.165, 1.54) is 18.4 Å². The normalized spacial score (nSPS) is 30.6. The second-order valence-electron chi connectivity index (χ2n) is 11.7. The molecule has 1 aromatic rings. The molecule has 0 unspecified atom stereocenters. The van der Waals surface area contributed by atoms with Crippen LogP contribution in [0.15, 0.2) is 30.3 Å². The fraction of sp³-hybridized carbons (Fsp3) is 0.714. The van der Waals surface area contributed by atoms with Crippen LogP contribution in [0.5, 0.6) is 0 Å². The lowest BCUT2D eigenvalue weighted by Gasteiger charge is -2.51. The number of piperidine rings is 1. The number of carbonyl (C=O) groups is 2. The third kappa shape index (κ3) is 4.34. The zero-order valence-corrected chi connectivity index (χ0v) is 21.3. The van der Waals surface area contributed by atoms with Crippen molar-refractivity contribution < 1.29 is 9.59 Å². The van der Waals surface area contributed by atoms with E-state index in [1.807, 2.05) is 4.90 Å². The first-order chi connectivity index (χ1) is 16.3. The molecule has 0 aromatic heterocycles. The van der Waals surface area contributed by atoms with Crippen molar-refractivity contribution >= 4 is 11.9 Å². The predicted octanol–water partition coefficient (Wildman–Crippen LogP) is 4.16. The minimum absolute atomic E-state index is 0.0198. The molecule has 4 fully saturated rings. The molecule has 186 valence electrons. The molecule has 3 amide bonds. The molecule has 2 saturated heterocycles. The number of amides is 3. The lowest BCUT2D eigenvalue weighted by molar-refractivity contribution is -0.130. The first-order valence-corrected chi connectivity index (χ1v) is 13.4. The number of nitrogens with zero attached hydrogens (tertiary/aromatic N) is 4. The van der Waals surface area contributed by atoms with Crippen LogP contribution in [0, 0.1) is 11.8 Å². The molecule has 0 radical (unpaired) electrons. The van der Waals surface area contributed by atoms with E-state index in [2.05, 4.69) is 59.1 Å². The summed E-state index contributed by atoms with van der Waals surface area (Å²) in [5, 5.41) is 0. The fourth-order valence-electron chi connectivity index (χ4n) is 6.90. The molecule has 34 heavy (non-hydrogen) atoms. The summed E-state index contributed by atoms with van der Waals surface area (Å²) in [4.78, 5) is 34.3. The molecule has 0 N–H and O–H groups in total. The van der Waals surface area contributed by atoms with Crippen LogP contribution in [-0.2, 0) is 10.3 Å². The van der Waals surface area contributed by atoms with Gasteiger partial charge in [0.2, 0.25) is 5.91 Å². The minimum atomic E-state index is -0.0198. The Kier molecular flexibility index (Phi) is 6.38. The Balaban J connectivity index is 1.31. The monoisotopic (exact) mass is 466 g/mol. The van der Waals surface area contributed by atoms with Crippen molar-refractivity contribution in [3.63, 3.8) is 0 Å². The van der Waals surface area contributed by atoms with Crippen LogP contribution < -0.4 is 0 Å². The third-order valence-corrected chi connectivity index (χ3v) is 9.41. The van der Waals surface area contributed by atoms with Crippen molar-refractivity contribution in [3.05, 3.63) is 35.9 Å². The minimum Gasteiger partial charge on any atom is -0.343 e. The van der Waals surface area contributed by atoms with E-state index in [0.29, 0.717) is 11.8 Å². The van der Waals surface area contributed by atoms with Gasteiger partial charge in [-0.05, 0) is 82.9 Å². The Labute approximate surface area is 205 Å². The van der Waals surface area contributed by atoms with E-state index < -0.39 is 0 Å². The standard InChI is InChI=1S/C28H42N4O2/c1-22(33)30-17-11-24(12-18-30)19-31-21-27(32(26(31)34)20-23-9-10-23)13-15-28(16-14-27,29(2)3)25-7-5-4-6-8-25/h4-8,23-24H,9-21H2,1-3H3/t27-,28+. The Morgan fingerprint density at radius 2 is 1.56 bits per heavy atom. The number of hydrogen-bond donors (Lipinski definition) is 0. The van der Waals surface area contributed by atoms with Crippen molar-refractivity contribution in [2.45, 2.75) is 69.4 Å². The van der Waals surface area contributed by atoms with Crippen LogP contribution in [0.1, 0.15) is 63.9 Å². The first kappa shape index (κ1) is 23.7. The molecule has 2 heterocycles. The predicted molar refractivity (Wildman–Crippen MR) is 134 cm³/mol. The molecule has 0 bridgehead atoms. The van der Waals surface area contributed by atoms with E-state index in [4.69, 9.17) is 0 Å². The van der Waals surface area contributed by atoms with Crippen LogP contribution >= 0.6 is 0 Å². The molecule has 6 nitrogen and oxygen atoms in total. The van der Waals surface area contributed by atoms with Gasteiger partial charge in [-0.15, -0.1) is 0 Å². The zero-order valence-electron chi connectivity index (χ0n) is 21.3. The SMILES string of the molecule is CC(=O)N1CCC(CN2C[C@]3(CC[C@](c4ccccc4)(N(C)C)CC3)N(CC3CC3)C2=O)CC1. The lowest BCUT2D eigenvalue weighted by Crippen LogP contribution is -2.55. The maximum Gasteiger partial charge on any atom is 0.320 e. The summed E-state index contributed by atoms with van der Waals surface area (Å²) in [6.45, 7) is 6.01. The van der Waals surface area contributed by atoms with Gasteiger partial charge in [0.25, 0.3) is 0 Å². The third-order valence-electron chi connectivity index (χ3n) is 9.41.